The van der Waals surface area contributed by atoms with E-state index < -0.39 is 0 Å². The van der Waals surface area contributed by atoms with E-state index in [-0.39, 0.29) is 0 Å². The van der Waals surface area contributed by atoms with E-state index >= 15 is 0 Å². The van der Waals surface area contributed by atoms with Crippen molar-refractivity contribution in [2.75, 3.05) is 19.0 Å². The van der Waals surface area contributed by atoms with Gasteiger partial charge in [-0.05, 0) is 43.2 Å². The predicted octanol–water partition coefficient (Wildman–Crippen LogP) is 4.93. The van der Waals surface area contributed by atoms with Gasteiger partial charge in [-0.2, -0.15) is 0 Å². The number of nitrogens with zero attached hydrogens (tertiary/aromatic N) is 1. The highest BCUT2D eigenvalue weighted by molar-refractivity contribution is 9.10. The Morgan fingerprint density at radius 3 is 2.10 bits per heavy atom. The van der Waals surface area contributed by atoms with E-state index in [0.717, 1.165) is 4.47 Å². The molecule has 0 heterocycles. The van der Waals surface area contributed by atoms with E-state index in [9.17, 15) is 0 Å². The van der Waals surface area contributed by atoms with Crippen molar-refractivity contribution in [2.24, 2.45) is 0 Å². The molecule has 21 heavy (non-hydrogen) atoms. The number of anilines is 1. The lowest BCUT2D eigenvalue weighted by atomic mass is 10.0. The zero-order valence-electron chi connectivity index (χ0n) is 13.1. The summed E-state index contributed by atoms with van der Waals surface area (Å²) in [5.41, 5.74) is 3.82. The van der Waals surface area contributed by atoms with Gasteiger partial charge in [-0.15, -0.1) is 0 Å². The molecule has 2 nitrogen and oxygen atoms in total. The van der Waals surface area contributed by atoms with Gasteiger partial charge >= 0.3 is 0 Å². The molecule has 0 saturated heterocycles. The summed E-state index contributed by atoms with van der Waals surface area (Å²) in [5, 5.41) is 3.66. The normalized spacial score (nSPS) is 13.8. The largest absolute Gasteiger partial charge is 0.378 e. The SMILES string of the molecule is CC(N[C@@H](C)c1ccccc1Br)c1ccc(N(C)C)cc1. The third kappa shape index (κ3) is 4.08. The van der Waals surface area contributed by atoms with Gasteiger partial charge in [0.15, 0.2) is 0 Å². The van der Waals surface area contributed by atoms with Gasteiger partial charge in [-0.3, -0.25) is 0 Å². The van der Waals surface area contributed by atoms with Crippen LogP contribution in [0.25, 0.3) is 0 Å². The van der Waals surface area contributed by atoms with Gasteiger partial charge in [0.25, 0.3) is 0 Å². The molecule has 1 unspecified atom stereocenters. The van der Waals surface area contributed by atoms with E-state index in [4.69, 9.17) is 0 Å². The Kier molecular flexibility index (Phi) is 5.43. The third-order valence-corrected chi connectivity index (χ3v) is 4.50. The van der Waals surface area contributed by atoms with Crippen LogP contribution < -0.4 is 10.2 Å². The lowest BCUT2D eigenvalue weighted by molar-refractivity contribution is 0.493. The first kappa shape index (κ1) is 16.1. The Morgan fingerprint density at radius 1 is 0.905 bits per heavy atom. The minimum Gasteiger partial charge on any atom is -0.378 e. The topological polar surface area (TPSA) is 15.3 Å². The highest BCUT2D eigenvalue weighted by Gasteiger charge is 2.13. The van der Waals surface area contributed by atoms with E-state index in [1.54, 1.807) is 0 Å². The molecule has 0 radical (unpaired) electrons. The summed E-state index contributed by atoms with van der Waals surface area (Å²) < 4.78 is 1.15. The Bertz CT molecular complexity index is 578. The second-order valence-electron chi connectivity index (χ2n) is 5.62. The Hall–Kier alpha value is -1.32. The van der Waals surface area contributed by atoms with E-state index in [1.807, 2.05) is 6.07 Å². The molecule has 0 aliphatic carbocycles. The molecule has 0 aliphatic rings. The van der Waals surface area contributed by atoms with Gasteiger partial charge in [-0.1, -0.05) is 46.3 Å². The maximum atomic E-state index is 3.66. The summed E-state index contributed by atoms with van der Waals surface area (Å²) in [4.78, 5) is 2.12. The third-order valence-electron chi connectivity index (χ3n) is 3.78. The number of halogens is 1. The van der Waals surface area contributed by atoms with Gasteiger partial charge in [0.1, 0.15) is 0 Å². The fraction of sp³-hybridized carbons (Fsp3) is 0.333. The Morgan fingerprint density at radius 2 is 1.52 bits per heavy atom. The molecule has 2 atom stereocenters. The van der Waals surface area contributed by atoms with Crippen LogP contribution in [0.1, 0.15) is 37.1 Å². The number of hydrogen-bond acceptors (Lipinski definition) is 2. The van der Waals surface area contributed by atoms with Crippen LogP contribution in [0.15, 0.2) is 53.0 Å². The molecule has 2 aromatic carbocycles. The van der Waals surface area contributed by atoms with Crippen molar-refractivity contribution in [3.63, 3.8) is 0 Å². The maximum absolute atomic E-state index is 3.66. The summed E-state index contributed by atoms with van der Waals surface area (Å²) in [6.45, 7) is 4.41. The molecule has 0 fully saturated rings. The van der Waals surface area contributed by atoms with Gasteiger partial charge in [-0.25, -0.2) is 0 Å². The average molecular weight is 347 g/mol. The van der Waals surface area contributed by atoms with Crippen molar-refractivity contribution in [3.05, 3.63) is 64.1 Å². The minimum atomic E-state index is 0.295. The lowest BCUT2D eigenvalue weighted by Gasteiger charge is -2.22. The molecule has 0 spiro atoms. The van der Waals surface area contributed by atoms with Crippen molar-refractivity contribution >= 4 is 21.6 Å². The number of nitrogens with one attached hydrogen (secondary N) is 1. The molecule has 0 aliphatic heterocycles. The number of benzene rings is 2. The molecule has 2 rings (SSSR count). The molecule has 2 aromatic rings. The second kappa shape index (κ2) is 7.10. The molecule has 1 N–H and O–H groups in total. The summed E-state index contributed by atoms with van der Waals surface area (Å²) in [6, 6.07) is 17.7. The highest BCUT2D eigenvalue weighted by Crippen LogP contribution is 2.26. The highest BCUT2D eigenvalue weighted by atomic mass is 79.9. The van der Waals surface area contributed by atoms with Crippen molar-refractivity contribution < 1.29 is 0 Å². The van der Waals surface area contributed by atoms with Crippen molar-refractivity contribution in [3.8, 4) is 0 Å². The molecule has 0 saturated carbocycles. The Balaban J connectivity index is 2.07. The lowest BCUT2D eigenvalue weighted by Crippen LogP contribution is -2.22. The molecule has 0 bridgehead atoms. The van der Waals surface area contributed by atoms with Crippen molar-refractivity contribution in [2.45, 2.75) is 25.9 Å². The van der Waals surface area contributed by atoms with Gasteiger partial charge < -0.3 is 10.2 Å². The molecular weight excluding hydrogens is 324 g/mol. The standard InChI is InChI=1S/C18H23BrN2/c1-13(15-9-11-16(12-10-15)21(3)4)20-14(2)17-7-5-6-8-18(17)19/h5-14,20H,1-4H3/t13?,14-/m0/s1. The molecule has 0 aromatic heterocycles. The van der Waals surface area contributed by atoms with Gasteiger partial charge in [0.05, 0.1) is 0 Å². The Labute approximate surface area is 136 Å². The van der Waals surface area contributed by atoms with Crippen LogP contribution in [-0.2, 0) is 0 Å². The first-order valence-corrected chi connectivity index (χ1v) is 8.06. The summed E-state index contributed by atoms with van der Waals surface area (Å²) >= 11 is 3.62. The van der Waals surface area contributed by atoms with E-state index in [2.05, 4.69) is 96.6 Å². The van der Waals surface area contributed by atoms with Gasteiger partial charge in [0.2, 0.25) is 0 Å². The van der Waals surface area contributed by atoms with Crippen LogP contribution in [0, 0.1) is 0 Å². The molecule has 112 valence electrons. The van der Waals surface area contributed by atoms with Crippen LogP contribution in [0.5, 0.6) is 0 Å². The average Bonchev–Trinajstić information content (AvgIpc) is 2.47. The smallest absolute Gasteiger partial charge is 0.0361 e. The number of rotatable bonds is 5. The first-order chi connectivity index (χ1) is 9.99. The van der Waals surface area contributed by atoms with E-state index in [0.29, 0.717) is 12.1 Å². The summed E-state index contributed by atoms with van der Waals surface area (Å²) in [7, 11) is 4.12. The van der Waals surface area contributed by atoms with Crippen LogP contribution >= 0.6 is 15.9 Å². The zero-order valence-corrected chi connectivity index (χ0v) is 14.7. The second-order valence-corrected chi connectivity index (χ2v) is 6.47. The van der Waals surface area contributed by atoms with Crippen molar-refractivity contribution in [1.82, 2.24) is 5.32 Å². The maximum Gasteiger partial charge on any atom is 0.0361 e. The summed E-state index contributed by atoms with van der Waals surface area (Å²) in [6.07, 6.45) is 0. The summed E-state index contributed by atoms with van der Waals surface area (Å²) in [5.74, 6) is 0. The monoisotopic (exact) mass is 346 g/mol. The zero-order chi connectivity index (χ0) is 15.4. The van der Waals surface area contributed by atoms with Crippen molar-refractivity contribution in [1.29, 1.82) is 0 Å². The number of hydrogen-bond donors (Lipinski definition) is 1. The fourth-order valence-corrected chi connectivity index (χ4v) is 3.08. The van der Waals surface area contributed by atoms with Crippen LogP contribution in [0.2, 0.25) is 0 Å². The van der Waals surface area contributed by atoms with E-state index in [1.165, 1.54) is 16.8 Å². The van der Waals surface area contributed by atoms with Gasteiger partial charge in [0, 0.05) is 36.3 Å². The first-order valence-electron chi connectivity index (χ1n) is 7.27. The van der Waals surface area contributed by atoms with Crippen LogP contribution in [0.3, 0.4) is 0 Å². The molecular formula is C18H23BrN2. The fourth-order valence-electron chi connectivity index (χ4n) is 2.45. The predicted molar refractivity (Wildman–Crippen MR) is 94.9 cm³/mol. The molecule has 0 amide bonds. The molecule has 3 heteroatoms. The van der Waals surface area contributed by atoms with Crippen LogP contribution in [0.4, 0.5) is 5.69 Å². The van der Waals surface area contributed by atoms with Crippen LogP contribution in [-0.4, -0.2) is 14.1 Å². The minimum absolute atomic E-state index is 0.295. The quantitative estimate of drug-likeness (QED) is 0.825.